The number of carbonyl (C=O) groups is 4. The van der Waals surface area contributed by atoms with Crippen molar-refractivity contribution in [3.05, 3.63) is 90.1 Å². The summed E-state index contributed by atoms with van der Waals surface area (Å²) in [5.41, 5.74) is 3.48. The zero-order valence-corrected chi connectivity index (χ0v) is 22.2. The molecule has 0 saturated heterocycles. The molecule has 2 N–H and O–H groups in total. The van der Waals surface area contributed by atoms with Crippen LogP contribution in [0.25, 0.3) is 16.9 Å². The van der Waals surface area contributed by atoms with E-state index in [4.69, 9.17) is 0 Å². The van der Waals surface area contributed by atoms with Crippen LogP contribution in [0.4, 0.5) is 11.4 Å². The number of hydrogen-bond acceptors (Lipinski definition) is 7. The Kier molecular flexibility index (Phi) is 7.57. The average Bonchev–Trinajstić information content (AvgIpc) is 3.38. The molecule has 0 fully saturated rings. The zero-order valence-electron chi connectivity index (χ0n) is 21.4. The number of benzene rings is 3. The molecule has 40 heavy (non-hydrogen) atoms. The summed E-state index contributed by atoms with van der Waals surface area (Å²) in [7, 11) is 0. The van der Waals surface area contributed by atoms with Crippen LogP contribution in [-0.4, -0.2) is 33.2 Å². The van der Waals surface area contributed by atoms with Gasteiger partial charge < -0.3 is 10.6 Å². The molecule has 0 bridgehead atoms. The molecule has 3 aromatic carbocycles. The number of carbonyl (C=O) groups excluding carboxylic acids is 4. The van der Waals surface area contributed by atoms with Gasteiger partial charge >= 0.3 is 0 Å². The Morgan fingerprint density at radius 3 is 2.35 bits per heavy atom. The highest BCUT2D eigenvalue weighted by atomic mass is 32.2. The van der Waals surface area contributed by atoms with Crippen LogP contribution in [0.3, 0.4) is 0 Å². The van der Waals surface area contributed by atoms with Crippen molar-refractivity contribution in [2.75, 3.05) is 10.6 Å². The number of nitriles is 1. The molecule has 1 aliphatic heterocycles. The second-order valence-electron chi connectivity index (χ2n) is 8.94. The van der Waals surface area contributed by atoms with Crippen molar-refractivity contribution in [1.29, 1.82) is 5.26 Å². The number of rotatable bonds is 8. The molecular weight excluding hydrogens is 526 g/mol. The monoisotopic (exact) mass is 549 g/mol. The number of Topliss-reactive ketones (excluding diaryl/α,β-unsaturated/α-hetero) is 2. The van der Waals surface area contributed by atoms with Crippen LogP contribution in [0.1, 0.15) is 29.4 Å². The van der Waals surface area contributed by atoms with Crippen molar-refractivity contribution in [1.82, 2.24) is 9.78 Å². The molecule has 10 heteroatoms. The van der Waals surface area contributed by atoms with Crippen molar-refractivity contribution in [3.8, 4) is 23.0 Å². The number of amides is 2. The van der Waals surface area contributed by atoms with Crippen molar-refractivity contribution >= 4 is 46.5 Å². The number of ketones is 2. The summed E-state index contributed by atoms with van der Waals surface area (Å²) in [5.74, 6) is -3.92. The van der Waals surface area contributed by atoms with Gasteiger partial charge in [-0.15, -0.1) is 11.8 Å². The van der Waals surface area contributed by atoms with E-state index in [1.807, 2.05) is 42.5 Å². The quantitative estimate of drug-likeness (QED) is 0.179. The van der Waals surface area contributed by atoms with E-state index < -0.39 is 29.3 Å². The molecule has 1 aliphatic rings. The topological polar surface area (TPSA) is 134 Å². The van der Waals surface area contributed by atoms with Crippen molar-refractivity contribution in [3.63, 3.8) is 0 Å². The third-order valence-corrected chi connectivity index (χ3v) is 7.45. The molecule has 0 radical (unpaired) electrons. The van der Waals surface area contributed by atoms with Crippen LogP contribution < -0.4 is 10.6 Å². The summed E-state index contributed by atoms with van der Waals surface area (Å²) in [5, 5.41) is 19.7. The fraction of sp³-hybridized carbons (Fsp3) is 0.133. The van der Waals surface area contributed by atoms with Crippen LogP contribution in [0.2, 0.25) is 0 Å². The van der Waals surface area contributed by atoms with Crippen LogP contribution in [0.5, 0.6) is 0 Å². The van der Waals surface area contributed by atoms with Gasteiger partial charge in [0.25, 0.3) is 5.91 Å². The maximum absolute atomic E-state index is 13.7. The summed E-state index contributed by atoms with van der Waals surface area (Å²) in [6.45, 7) is 1.61. The highest BCUT2D eigenvalue weighted by molar-refractivity contribution is 7.98. The normalized spacial score (nSPS) is 12.3. The lowest BCUT2D eigenvalue weighted by Crippen LogP contribution is -2.29. The van der Waals surface area contributed by atoms with E-state index in [9.17, 15) is 24.4 Å². The van der Waals surface area contributed by atoms with Crippen LogP contribution in [0, 0.1) is 17.2 Å². The highest BCUT2D eigenvalue weighted by Crippen LogP contribution is 2.45. The molecule has 1 aromatic heterocycles. The summed E-state index contributed by atoms with van der Waals surface area (Å²) in [6.07, 6.45) is 0.0843. The number of hydrogen-bond donors (Lipinski definition) is 2. The maximum atomic E-state index is 13.7. The molecule has 9 nitrogen and oxygen atoms in total. The molecular formula is C30H23N5O4S. The van der Waals surface area contributed by atoms with Gasteiger partial charge in [0.05, 0.1) is 17.5 Å². The van der Waals surface area contributed by atoms with Gasteiger partial charge in [-0.3, -0.25) is 19.2 Å². The Morgan fingerprint density at radius 2 is 1.68 bits per heavy atom. The minimum Gasteiger partial charge on any atom is -0.325 e. The Balaban J connectivity index is 1.58. The molecule has 4 aromatic rings. The second-order valence-corrected chi connectivity index (χ2v) is 9.95. The van der Waals surface area contributed by atoms with E-state index in [0.717, 1.165) is 4.90 Å². The van der Waals surface area contributed by atoms with E-state index in [1.165, 1.54) is 11.8 Å². The van der Waals surface area contributed by atoms with Gasteiger partial charge in [0.2, 0.25) is 17.5 Å². The molecule has 0 aliphatic carbocycles. The Morgan fingerprint density at radius 1 is 0.975 bits per heavy atom. The largest absolute Gasteiger partial charge is 0.325 e. The van der Waals surface area contributed by atoms with E-state index in [2.05, 4.69) is 15.7 Å². The second kappa shape index (κ2) is 11.4. The predicted octanol–water partition coefficient (Wildman–Crippen LogP) is 5.02. The van der Waals surface area contributed by atoms with Crippen molar-refractivity contribution in [2.45, 2.75) is 24.0 Å². The molecule has 1 atom stereocenters. The Labute approximate surface area is 234 Å². The van der Waals surface area contributed by atoms with Crippen LogP contribution in [-0.2, 0) is 20.1 Å². The summed E-state index contributed by atoms with van der Waals surface area (Å²) in [6, 6.07) is 24.9. The Bertz CT molecular complexity index is 1680. The zero-order chi connectivity index (χ0) is 28.2. The lowest BCUT2D eigenvalue weighted by molar-refractivity contribution is -0.134. The molecule has 198 valence electrons. The van der Waals surface area contributed by atoms with Crippen molar-refractivity contribution in [2.24, 2.45) is 5.92 Å². The molecule has 2 amide bonds. The SMILES string of the molecule is CCC(=O)C(=O)Nc1ccc2c(c1)-c1c(c(C(=O)C(C#N)C(=O)Nc3ccccc3)nn1-c1ccccc1)CS2. The highest BCUT2D eigenvalue weighted by Gasteiger charge is 2.36. The maximum Gasteiger partial charge on any atom is 0.291 e. The number of para-hydroxylation sites is 2. The number of anilines is 2. The summed E-state index contributed by atoms with van der Waals surface area (Å²) >= 11 is 1.47. The number of nitrogens with zero attached hydrogens (tertiary/aromatic N) is 3. The number of thioether (sulfide) groups is 1. The number of fused-ring (bicyclic) bond motifs is 3. The number of aromatic nitrogens is 2. The molecule has 1 unspecified atom stereocenters. The lowest BCUT2D eigenvalue weighted by atomic mass is 9.97. The van der Waals surface area contributed by atoms with E-state index in [0.29, 0.717) is 39.6 Å². The van der Waals surface area contributed by atoms with Gasteiger partial charge in [0.1, 0.15) is 5.69 Å². The third-order valence-electron chi connectivity index (χ3n) is 6.35. The molecule has 0 spiro atoms. The van der Waals surface area contributed by atoms with Gasteiger partial charge in [-0.2, -0.15) is 10.4 Å². The first-order valence-corrected chi connectivity index (χ1v) is 13.5. The smallest absolute Gasteiger partial charge is 0.291 e. The summed E-state index contributed by atoms with van der Waals surface area (Å²) < 4.78 is 1.62. The van der Waals surface area contributed by atoms with Crippen molar-refractivity contribution < 1.29 is 19.2 Å². The van der Waals surface area contributed by atoms with Gasteiger partial charge in [0, 0.05) is 39.6 Å². The third kappa shape index (κ3) is 5.15. The summed E-state index contributed by atoms with van der Waals surface area (Å²) in [4.78, 5) is 51.7. The fourth-order valence-corrected chi connectivity index (χ4v) is 5.41. The molecule has 2 heterocycles. The fourth-order valence-electron chi connectivity index (χ4n) is 4.36. The first kappa shape index (κ1) is 26.6. The van der Waals surface area contributed by atoms with Crippen LogP contribution >= 0.6 is 11.8 Å². The van der Waals surface area contributed by atoms with Crippen LogP contribution in [0.15, 0.2) is 83.8 Å². The number of nitrogens with one attached hydrogen (secondary N) is 2. The average molecular weight is 550 g/mol. The van der Waals surface area contributed by atoms with Gasteiger partial charge in [-0.1, -0.05) is 43.3 Å². The van der Waals surface area contributed by atoms with Gasteiger partial charge in [0.15, 0.2) is 5.92 Å². The lowest BCUT2D eigenvalue weighted by Gasteiger charge is -2.19. The Hall–Kier alpha value is -5.01. The molecule has 0 saturated carbocycles. The minimum atomic E-state index is -1.61. The van der Waals surface area contributed by atoms with E-state index in [-0.39, 0.29) is 12.1 Å². The predicted molar refractivity (Wildman–Crippen MR) is 151 cm³/mol. The van der Waals surface area contributed by atoms with E-state index >= 15 is 0 Å². The van der Waals surface area contributed by atoms with Gasteiger partial charge in [-0.05, 0) is 42.5 Å². The van der Waals surface area contributed by atoms with E-state index in [1.54, 1.807) is 54.1 Å². The van der Waals surface area contributed by atoms with Gasteiger partial charge in [-0.25, -0.2) is 4.68 Å². The first-order valence-electron chi connectivity index (χ1n) is 12.5. The minimum absolute atomic E-state index is 0.0300. The first-order chi connectivity index (χ1) is 19.4. The standard InChI is InChI=1S/C30H23N5O4S/c1-2-24(36)30(39)33-19-13-14-25-21(15-19)27-23(17-40-25)26(34-35(27)20-11-7-4-8-12-20)28(37)22(16-31)29(38)32-18-9-5-3-6-10-18/h3-15,22H,2,17H2,1H3,(H,32,38)(H,33,39). The molecule has 5 rings (SSSR count).